The molecule has 2 fully saturated rings. The summed E-state index contributed by atoms with van der Waals surface area (Å²) in [6.45, 7) is 6.81. The van der Waals surface area contributed by atoms with Crippen molar-refractivity contribution in [1.29, 1.82) is 0 Å². The van der Waals surface area contributed by atoms with Gasteiger partial charge in [0, 0.05) is 50.7 Å². The number of amides is 1. The topological polar surface area (TPSA) is 75.1 Å². The summed E-state index contributed by atoms with van der Waals surface area (Å²) >= 11 is 3.46. The minimum absolute atomic E-state index is 0.00666. The van der Waals surface area contributed by atoms with Gasteiger partial charge in [0.25, 0.3) is 5.91 Å². The molecule has 0 spiro atoms. The van der Waals surface area contributed by atoms with E-state index in [2.05, 4.69) is 34.7 Å². The summed E-state index contributed by atoms with van der Waals surface area (Å²) in [7, 11) is -3.40. The van der Waals surface area contributed by atoms with Crippen LogP contribution in [0.2, 0.25) is 0 Å². The Morgan fingerprint density at radius 1 is 1.08 bits per heavy atom. The lowest BCUT2D eigenvalue weighted by Gasteiger charge is -2.34. The van der Waals surface area contributed by atoms with Crippen molar-refractivity contribution in [2.45, 2.75) is 58.5 Å². The zero-order valence-corrected chi connectivity index (χ0v) is 24.2. The maximum Gasteiger partial charge on any atom is 0.406 e. The summed E-state index contributed by atoms with van der Waals surface area (Å²) in [4.78, 5) is 17.2. The number of piperazine rings is 1. The maximum atomic E-state index is 13.6. The standard InChI is InChI=1S/C25H34BrF3N4O4S/c1-4-38(35,36)32-11-9-31(10-12-32)24(34)22-13-18-14-23(37-19-5-7-30(8-6-19)17(2)3)20(26)15-21(18)33(22)16-25(27,28)29/h13-15,17,19H,4-12,16H2,1-3H3. The van der Waals surface area contributed by atoms with Crippen molar-refractivity contribution in [2.75, 3.05) is 45.0 Å². The molecule has 13 heteroatoms. The average molecular weight is 624 g/mol. The van der Waals surface area contributed by atoms with E-state index < -0.39 is 28.7 Å². The molecule has 2 saturated heterocycles. The van der Waals surface area contributed by atoms with E-state index in [1.54, 1.807) is 19.1 Å². The number of benzene rings is 1. The van der Waals surface area contributed by atoms with E-state index in [1.807, 2.05) is 0 Å². The zero-order valence-electron chi connectivity index (χ0n) is 21.8. The number of nitrogens with zero attached hydrogens (tertiary/aromatic N) is 4. The van der Waals surface area contributed by atoms with Gasteiger partial charge in [-0.1, -0.05) is 0 Å². The number of fused-ring (bicyclic) bond motifs is 1. The molecule has 4 rings (SSSR count). The van der Waals surface area contributed by atoms with Gasteiger partial charge in [0.15, 0.2) is 0 Å². The number of likely N-dealkylation sites (tertiary alicyclic amines) is 1. The Morgan fingerprint density at radius 2 is 1.71 bits per heavy atom. The summed E-state index contributed by atoms with van der Waals surface area (Å²) in [6, 6.07) is 5.19. The largest absolute Gasteiger partial charge is 0.489 e. The average Bonchev–Trinajstić information content (AvgIpc) is 3.19. The van der Waals surface area contributed by atoms with E-state index in [-0.39, 0.29) is 49.2 Å². The third-order valence-corrected chi connectivity index (χ3v) is 9.80. The number of carbonyl (C=O) groups excluding carboxylic acids is 1. The lowest BCUT2D eigenvalue weighted by atomic mass is 10.1. The molecule has 0 unspecified atom stereocenters. The quantitative estimate of drug-likeness (QED) is 0.460. The van der Waals surface area contributed by atoms with Crippen LogP contribution in [0.3, 0.4) is 0 Å². The summed E-state index contributed by atoms with van der Waals surface area (Å²) in [5, 5.41) is 0.475. The van der Waals surface area contributed by atoms with Crippen molar-refractivity contribution in [3.63, 3.8) is 0 Å². The number of ether oxygens (including phenoxy) is 1. The highest BCUT2D eigenvalue weighted by molar-refractivity contribution is 9.10. The highest BCUT2D eigenvalue weighted by atomic mass is 79.9. The first kappa shape index (κ1) is 29.2. The minimum Gasteiger partial charge on any atom is -0.489 e. The van der Waals surface area contributed by atoms with Crippen molar-refractivity contribution in [2.24, 2.45) is 0 Å². The molecule has 0 atom stereocenters. The number of alkyl halides is 3. The smallest absolute Gasteiger partial charge is 0.406 e. The van der Waals surface area contributed by atoms with Gasteiger partial charge in [0.1, 0.15) is 24.1 Å². The first-order valence-corrected chi connectivity index (χ1v) is 15.3. The van der Waals surface area contributed by atoms with Gasteiger partial charge in [-0.25, -0.2) is 8.42 Å². The first-order chi connectivity index (χ1) is 17.8. The number of hydrogen-bond donors (Lipinski definition) is 0. The summed E-state index contributed by atoms with van der Waals surface area (Å²) < 4.78 is 74.1. The second-order valence-corrected chi connectivity index (χ2v) is 13.2. The molecule has 3 heterocycles. The fourth-order valence-electron chi connectivity index (χ4n) is 5.08. The second-order valence-electron chi connectivity index (χ2n) is 10.1. The van der Waals surface area contributed by atoms with Crippen LogP contribution in [0.5, 0.6) is 5.75 Å². The predicted octanol–water partition coefficient (Wildman–Crippen LogP) is 4.33. The van der Waals surface area contributed by atoms with Crippen LogP contribution in [-0.4, -0.2) is 96.3 Å². The van der Waals surface area contributed by atoms with E-state index >= 15 is 0 Å². The van der Waals surface area contributed by atoms with Crippen LogP contribution >= 0.6 is 15.9 Å². The predicted molar refractivity (Wildman–Crippen MR) is 143 cm³/mol. The van der Waals surface area contributed by atoms with Gasteiger partial charge in [-0.3, -0.25) is 4.79 Å². The van der Waals surface area contributed by atoms with Crippen LogP contribution < -0.4 is 4.74 Å². The fraction of sp³-hybridized carbons (Fsp3) is 0.640. The van der Waals surface area contributed by atoms with Crippen LogP contribution in [0.1, 0.15) is 44.1 Å². The minimum atomic E-state index is -4.54. The van der Waals surface area contributed by atoms with Crippen molar-refractivity contribution in [3.05, 3.63) is 28.4 Å². The van der Waals surface area contributed by atoms with E-state index in [0.717, 1.165) is 30.5 Å². The molecule has 212 valence electrons. The van der Waals surface area contributed by atoms with Crippen LogP contribution in [-0.2, 0) is 16.6 Å². The van der Waals surface area contributed by atoms with E-state index in [4.69, 9.17) is 4.74 Å². The monoisotopic (exact) mass is 622 g/mol. The molecule has 2 aromatic rings. The van der Waals surface area contributed by atoms with Crippen molar-refractivity contribution < 1.29 is 31.1 Å². The van der Waals surface area contributed by atoms with Crippen LogP contribution in [0.15, 0.2) is 22.7 Å². The van der Waals surface area contributed by atoms with Gasteiger partial charge in [0.05, 0.1) is 15.7 Å². The molecular formula is C25H34BrF3N4O4S. The van der Waals surface area contributed by atoms with E-state index in [0.29, 0.717) is 21.7 Å². The number of hydrogen-bond acceptors (Lipinski definition) is 5. The SMILES string of the molecule is CCS(=O)(=O)N1CCN(C(=O)c2cc3cc(OC4CCN(C(C)C)CC4)c(Br)cc3n2CC(F)(F)F)CC1. The lowest BCUT2D eigenvalue weighted by Crippen LogP contribution is -2.51. The Hall–Kier alpha value is -1.83. The van der Waals surface area contributed by atoms with E-state index in [1.165, 1.54) is 15.3 Å². The molecule has 1 aromatic heterocycles. The highest BCUT2D eigenvalue weighted by Gasteiger charge is 2.34. The van der Waals surface area contributed by atoms with Crippen molar-refractivity contribution >= 4 is 42.8 Å². The maximum absolute atomic E-state index is 13.6. The Labute approximate surface area is 229 Å². The molecule has 1 amide bonds. The van der Waals surface area contributed by atoms with Gasteiger partial charge in [-0.15, -0.1) is 0 Å². The lowest BCUT2D eigenvalue weighted by molar-refractivity contribution is -0.140. The third-order valence-electron chi connectivity index (χ3n) is 7.30. The van der Waals surface area contributed by atoms with Crippen LogP contribution in [0.4, 0.5) is 13.2 Å². The number of aromatic nitrogens is 1. The Morgan fingerprint density at radius 3 is 2.26 bits per heavy atom. The number of piperidine rings is 1. The molecule has 0 aliphatic carbocycles. The van der Waals surface area contributed by atoms with Crippen molar-refractivity contribution in [3.8, 4) is 5.75 Å². The molecule has 2 aliphatic rings. The normalized spacial score (nSPS) is 19.0. The Bertz CT molecular complexity index is 1270. The number of sulfonamides is 1. The first-order valence-electron chi connectivity index (χ1n) is 12.9. The summed E-state index contributed by atoms with van der Waals surface area (Å²) in [6.07, 6.45) is -2.85. The molecule has 0 saturated carbocycles. The molecule has 0 N–H and O–H groups in total. The summed E-state index contributed by atoms with van der Waals surface area (Å²) in [5.74, 6) is -0.0719. The number of carbonyl (C=O) groups is 1. The number of rotatable bonds is 7. The van der Waals surface area contributed by atoms with E-state index in [9.17, 15) is 26.4 Å². The van der Waals surface area contributed by atoms with Gasteiger partial charge >= 0.3 is 6.18 Å². The van der Waals surface area contributed by atoms with Crippen LogP contribution in [0, 0.1) is 0 Å². The number of halogens is 4. The molecular weight excluding hydrogens is 589 g/mol. The van der Waals surface area contributed by atoms with Gasteiger partial charge in [0.2, 0.25) is 10.0 Å². The van der Waals surface area contributed by atoms with Gasteiger partial charge < -0.3 is 19.1 Å². The third kappa shape index (κ3) is 6.48. The fourth-order valence-corrected chi connectivity index (χ4v) is 6.59. The molecule has 8 nitrogen and oxygen atoms in total. The zero-order chi connectivity index (χ0) is 27.8. The molecule has 1 aromatic carbocycles. The van der Waals surface area contributed by atoms with Crippen molar-refractivity contribution in [1.82, 2.24) is 18.7 Å². The Kier molecular flexibility index (Phi) is 8.70. The second kappa shape index (κ2) is 11.3. The molecule has 38 heavy (non-hydrogen) atoms. The molecule has 0 radical (unpaired) electrons. The van der Waals surface area contributed by atoms with Crippen LogP contribution in [0.25, 0.3) is 10.9 Å². The van der Waals surface area contributed by atoms with Gasteiger partial charge in [-0.2, -0.15) is 17.5 Å². The highest BCUT2D eigenvalue weighted by Crippen LogP contribution is 2.36. The molecule has 2 aliphatic heterocycles. The molecule has 0 bridgehead atoms. The Balaban J connectivity index is 1.59. The van der Waals surface area contributed by atoms with Gasteiger partial charge in [-0.05, 0) is 67.7 Å². The summed E-state index contributed by atoms with van der Waals surface area (Å²) in [5.41, 5.74) is 0.185.